The predicted octanol–water partition coefficient (Wildman–Crippen LogP) is 2.66. The maximum Gasteiger partial charge on any atom is 0.111 e. The lowest BCUT2D eigenvalue weighted by molar-refractivity contribution is 1.01. The van der Waals surface area contributed by atoms with Crippen LogP contribution in [0.4, 0.5) is 5.69 Å². The lowest BCUT2D eigenvalue weighted by atomic mass is 10.3. The fraction of sp³-hybridized carbons (Fsp3) is 0.222. The summed E-state index contributed by atoms with van der Waals surface area (Å²) in [4.78, 5) is 0. The van der Waals surface area contributed by atoms with Gasteiger partial charge in [0.1, 0.15) is 6.04 Å². The highest BCUT2D eigenvalue weighted by atomic mass is 35.5. The van der Waals surface area contributed by atoms with E-state index in [0.29, 0.717) is 5.02 Å². The summed E-state index contributed by atoms with van der Waals surface area (Å²) in [6.45, 7) is 1.80. The number of nitrogens with one attached hydrogen (secondary N) is 1. The van der Waals surface area contributed by atoms with Crippen molar-refractivity contribution >= 4 is 17.3 Å². The molecule has 0 aliphatic heterocycles. The number of hydrogen-bond acceptors (Lipinski definition) is 2. The van der Waals surface area contributed by atoms with Crippen molar-refractivity contribution in [3.8, 4) is 6.07 Å². The van der Waals surface area contributed by atoms with Crippen molar-refractivity contribution in [3.05, 3.63) is 29.3 Å². The summed E-state index contributed by atoms with van der Waals surface area (Å²) in [5.74, 6) is 0. The third kappa shape index (κ3) is 2.44. The van der Waals surface area contributed by atoms with E-state index >= 15 is 0 Å². The number of anilines is 1. The molecule has 0 heterocycles. The van der Waals surface area contributed by atoms with E-state index in [2.05, 4.69) is 11.4 Å². The molecule has 12 heavy (non-hydrogen) atoms. The van der Waals surface area contributed by atoms with Crippen LogP contribution >= 0.6 is 11.6 Å². The predicted molar refractivity (Wildman–Crippen MR) is 50.1 cm³/mol. The fourth-order valence-electron chi connectivity index (χ4n) is 0.828. The molecule has 0 spiro atoms. The Morgan fingerprint density at radius 2 is 2.00 bits per heavy atom. The Kier molecular flexibility index (Phi) is 2.95. The standard InChI is InChI=1S/C9H9ClN2/c1-7(6-11)12-9-4-2-8(10)3-5-9/h2-5,7,12H,1H3. The van der Waals surface area contributed by atoms with Crippen molar-refractivity contribution in [2.24, 2.45) is 0 Å². The molecule has 62 valence electrons. The summed E-state index contributed by atoms with van der Waals surface area (Å²) in [6.07, 6.45) is 0. The van der Waals surface area contributed by atoms with E-state index in [-0.39, 0.29) is 6.04 Å². The molecule has 1 aromatic rings. The smallest absolute Gasteiger partial charge is 0.111 e. The zero-order valence-electron chi connectivity index (χ0n) is 6.71. The van der Waals surface area contributed by atoms with Crippen molar-refractivity contribution in [1.82, 2.24) is 0 Å². The maximum atomic E-state index is 8.51. The number of rotatable bonds is 2. The summed E-state index contributed by atoms with van der Waals surface area (Å²) < 4.78 is 0. The molecule has 0 amide bonds. The van der Waals surface area contributed by atoms with Crippen LogP contribution in [0.2, 0.25) is 5.02 Å². The van der Waals surface area contributed by atoms with Gasteiger partial charge < -0.3 is 5.32 Å². The molecule has 0 radical (unpaired) electrons. The van der Waals surface area contributed by atoms with E-state index < -0.39 is 0 Å². The molecular formula is C9H9ClN2. The summed E-state index contributed by atoms with van der Waals surface area (Å²) in [7, 11) is 0. The van der Waals surface area contributed by atoms with Crippen LogP contribution in [0.5, 0.6) is 0 Å². The first-order chi connectivity index (χ1) is 5.72. The number of hydrogen-bond donors (Lipinski definition) is 1. The van der Waals surface area contributed by atoms with Gasteiger partial charge in [-0.2, -0.15) is 5.26 Å². The van der Waals surface area contributed by atoms with E-state index in [1.165, 1.54) is 0 Å². The first kappa shape index (κ1) is 8.89. The molecule has 1 unspecified atom stereocenters. The summed E-state index contributed by atoms with van der Waals surface area (Å²) in [5, 5.41) is 12.2. The van der Waals surface area contributed by atoms with Gasteiger partial charge in [0.25, 0.3) is 0 Å². The number of halogens is 1. The Morgan fingerprint density at radius 1 is 1.42 bits per heavy atom. The van der Waals surface area contributed by atoms with Crippen molar-refractivity contribution in [2.45, 2.75) is 13.0 Å². The molecule has 0 aliphatic carbocycles. The fourth-order valence-corrected chi connectivity index (χ4v) is 0.954. The van der Waals surface area contributed by atoms with Crippen molar-refractivity contribution in [2.75, 3.05) is 5.32 Å². The average Bonchev–Trinajstić information content (AvgIpc) is 2.09. The van der Waals surface area contributed by atoms with Crippen LogP contribution in [-0.2, 0) is 0 Å². The molecule has 2 nitrogen and oxygen atoms in total. The van der Waals surface area contributed by atoms with Crippen LogP contribution in [0.15, 0.2) is 24.3 Å². The van der Waals surface area contributed by atoms with Crippen molar-refractivity contribution in [3.63, 3.8) is 0 Å². The van der Waals surface area contributed by atoms with Crippen LogP contribution in [-0.4, -0.2) is 6.04 Å². The second kappa shape index (κ2) is 3.99. The summed E-state index contributed by atoms with van der Waals surface area (Å²) >= 11 is 5.69. The molecule has 0 aliphatic rings. The van der Waals surface area contributed by atoms with Gasteiger partial charge in [-0.15, -0.1) is 0 Å². The molecule has 0 saturated heterocycles. The van der Waals surface area contributed by atoms with E-state index in [9.17, 15) is 0 Å². The maximum absolute atomic E-state index is 8.51. The SMILES string of the molecule is CC(C#N)Nc1ccc(Cl)cc1. The van der Waals surface area contributed by atoms with Crippen molar-refractivity contribution in [1.29, 1.82) is 5.26 Å². The lowest BCUT2D eigenvalue weighted by Crippen LogP contribution is -2.11. The van der Waals surface area contributed by atoms with Gasteiger partial charge in [0, 0.05) is 10.7 Å². The second-order valence-corrected chi connectivity index (χ2v) is 2.94. The van der Waals surface area contributed by atoms with Gasteiger partial charge in [-0.05, 0) is 31.2 Å². The second-order valence-electron chi connectivity index (χ2n) is 2.50. The van der Waals surface area contributed by atoms with E-state index in [1.54, 1.807) is 19.1 Å². The van der Waals surface area contributed by atoms with Crippen LogP contribution < -0.4 is 5.32 Å². The van der Waals surface area contributed by atoms with E-state index in [0.717, 1.165) is 5.69 Å². The van der Waals surface area contributed by atoms with Gasteiger partial charge in [0.15, 0.2) is 0 Å². The molecular weight excluding hydrogens is 172 g/mol. The third-order valence-corrected chi connectivity index (χ3v) is 1.67. The lowest BCUT2D eigenvalue weighted by Gasteiger charge is -2.06. The Bertz CT molecular complexity index is 286. The Hall–Kier alpha value is -1.20. The van der Waals surface area contributed by atoms with Gasteiger partial charge in [-0.3, -0.25) is 0 Å². The largest absolute Gasteiger partial charge is 0.370 e. The monoisotopic (exact) mass is 180 g/mol. The quantitative estimate of drug-likeness (QED) is 0.760. The van der Waals surface area contributed by atoms with Gasteiger partial charge in [0.2, 0.25) is 0 Å². The Balaban J connectivity index is 2.66. The first-order valence-electron chi connectivity index (χ1n) is 3.64. The van der Waals surface area contributed by atoms with Gasteiger partial charge in [-0.1, -0.05) is 11.6 Å². The van der Waals surface area contributed by atoms with Crippen molar-refractivity contribution < 1.29 is 0 Å². The number of nitriles is 1. The zero-order valence-corrected chi connectivity index (χ0v) is 7.47. The Morgan fingerprint density at radius 3 is 2.50 bits per heavy atom. The van der Waals surface area contributed by atoms with Crippen LogP contribution in [0, 0.1) is 11.3 Å². The first-order valence-corrected chi connectivity index (χ1v) is 4.02. The topological polar surface area (TPSA) is 35.8 Å². The minimum absolute atomic E-state index is 0.175. The molecule has 3 heteroatoms. The van der Waals surface area contributed by atoms with E-state index in [4.69, 9.17) is 16.9 Å². The highest BCUT2D eigenvalue weighted by Crippen LogP contribution is 2.13. The van der Waals surface area contributed by atoms with Crippen LogP contribution in [0.25, 0.3) is 0 Å². The molecule has 1 N–H and O–H groups in total. The van der Waals surface area contributed by atoms with Gasteiger partial charge >= 0.3 is 0 Å². The molecule has 1 rings (SSSR count). The zero-order chi connectivity index (χ0) is 8.97. The molecule has 0 fully saturated rings. The van der Waals surface area contributed by atoms with E-state index in [1.807, 2.05) is 12.1 Å². The molecule has 0 bridgehead atoms. The average molecular weight is 181 g/mol. The third-order valence-electron chi connectivity index (χ3n) is 1.42. The van der Waals surface area contributed by atoms with Gasteiger partial charge in [0.05, 0.1) is 6.07 Å². The molecule has 0 aromatic heterocycles. The molecule has 1 atom stereocenters. The molecule has 1 aromatic carbocycles. The summed E-state index contributed by atoms with van der Waals surface area (Å²) in [6, 6.07) is 9.17. The van der Waals surface area contributed by atoms with Gasteiger partial charge in [-0.25, -0.2) is 0 Å². The minimum Gasteiger partial charge on any atom is -0.370 e. The normalized spacial score (nSPS) is 11.8. The Labute approximate surface area is 76.8 Å². The van der Waals surface area contributed by atoms with Crippen LogP contribution in [0.1, 0.15) is 6.92 Å². The minimum atomic E-state index is -0.175. The number of benzene rings is 1. The summed E-state index contributed by atoms with van der Waals surface area (Å²) in [5.41, 5.74) is 0.911. The van der Waals surface area contributed by atoms with Crippen LogP contribution in [0.3, 0.4) is 0 Å². The molecule has 0 saturated carbocycles. The number of nitrogens with zero attached hydrogens (tertiary/aromatic N) is 1. The highest BCUT2D eigenvalue weighted by Gasteiger charge is 1.97. The highest BCUT2D eigenvalue weighted by molar-refractivity contribution is 6.30.